The fourth-order valence-corrected chi connectivity index (χ4v) is 4.08. The molecule has 0 N–H and O–H groups in total. The number of carbonyl (C=O) groups excluding carboxylic acids is 2. The molecule has 1 atom stereocenters. The number of hydrogen-bond donors (Lipinski definition) is 0. The topological polar surface area (TPSA) is 63.0 Å². The second kappa shape index (κ2) is 10.1. The monoisotopic (exact) mass is 424 g/mol. The van der Waals surface area contributed by atoms with Gasteiger partial charge in [-0.25, -0.2) is 0 Å². The van der Waals surface area contributed by atoms with Gasteiger partial charge in [0.1, 0.15) is 11.5 Å². The molecule has 1 saturated carbocycles. The molecule has 2 aromatic rings. The summed E-state index contributed by atoms with van der Waals surface area (Å²) >= 11 is 0. The van der Waals surface area contributed by atoms with Crippen molar-refractivity contribution in [3.05, 3.63) is 59.5 Å². The number of carbonyl (C=O) groups is 2. The molecule has 166 valence electrons. The minimum Gasteiger partial charge on any atom is -0.464 e. The van der Waals surface area contributed by atoms with Gasteiger partial charge in [0.25, 0.3) is 0 Å². The van der Waals surface area contributed by atoms with Gasteiger partial charge in [0, 0.05) is 25.6 Å². The summed E-state index contributed by atoms with van der Waals surface area (Å²) in [6.07, 6.45) is 4.63. The third-order valence-electron chi connectivity index (χ3n) is 6.02. The van der Waals surface area contributed by atoms with Crippen LogP contribution in [0.3, 0.4) is 0 Å². The zero-order valence-corrected chi connectivity index (χ0v) is 18.3. The largest absolute Gasteiger partial charge is 0.464 e. The van der Waals surface area contributed by atoms with Crippen molar-refractivity contribution in [2.45, 2.75) is 51.7 Å². The summed E-state index contributed by atoms with van der Waals surface area (Å²) in [6.45, 7) is 4.23. The summed E-state index contributed by atoms with van der Waals surface area (Å²) < 4.78 is 11.5. The second-order valence-corrected chi connectivity index (χ2v) is 8.69. The van der Waals surface area contributed by atoms with Crippen molar-refractivity contribution in [2.24, 2.45) is 5.92 Å². The second-order valence-electron chi connectivity index (χ2n) is 8.69. The van der Waals surface area contributed by atoms with E-state index in [2.05, 4.69) is 12.1 Å². The maximum Gasteiger partial charge on any atom is 0.242 e. The Balaban J connectivity index is 1.44. The molecule has 4 rings (SSSR count). The summed E-state index contributed by atoms with van der Waals surface area (Å²) in [4.78, 5) is 29.8. The molecule has 1 aromatic carbocycles. The number of amides is 2. The molecule has 0 radical (unpaired) electrons. The molecule has 2 aliphatic rings. The highest BCUT2D eigenvalue weighted by atomic mass is 16.5. The van der Waals surface area contributed by atoms with Crippen LogP contribution in [0.25, 0.3) is 0 Å². The first-order valence-corrected chi connectivity index (χ1v) is 11.4. The van der Waals surface area contributed by atoms with Gasteiger partial charge in [-0.1, -0.05) is 30.3 Å². The van der Waals surface area contributed by atoms with Crippen molar-refractivity contribution < 1.29 is 18.7 Å². The molecule has 31 heavy (non-hydrogen) atoms. The van der Waals surface area contributed by atoms with Gasteiger partial charge >= 0.3 is 0 Å². The molecule has 1 aliphatic heterocycles. The molecule has 2 fully saturated rings. The van der Waals surface area contributed by atoms with E-state index in [1.807, 2.05) is 42.2 Å². The number of hydrogen-bond acceptors (Lipinski definition) is 4. The maximum absolute atomic E-state index is 13.4. The van der Waals surface area contributed by atoms with E-state index >= 15 is 0 Å². The lowest BCUT2D eigenvalue weighted by atomic mass is 10.1. The Kier molecular flexibility index (Phi) is 7.07. The van der Waals surface area contributed by atoms with E-state index in [1.54, 1.807) is 4.90 Å². The number of nitrogens with zero attached hydrogens (tertiary/aromatic N) is 2. The number of furan rings is 1. The zero-order chi connectivity index (χ0) is 21.6. The summed E-state index contributed by atoms with van der Waals surface area (Å²) in [6, 6.07) is 14.0. The average molecular weight is 425 g/mol. The van der Waals surface area contributed by atoms with E-state index in [1.165, 1.54) is 5.56 Å². The minimum absolute atomic E-state index is 0.0426. The molecule has 2 amide bonds. The van der Waals surface area contributed by atoms with Crippen LogP contribution in [0.4, 0.5) is 0 Å². The lowest BCUT2D eigenvalue weighted by Gasteiger charge is -2.29. The van der Waals surface area contributed by atoms with E-state index < -0.39 is 0 Å². The Hall–Kier alpha value is -2.60. The van der Waals surface area contributed by atoms with Crippen LogP contribution in [0.15, 0.2) is 46.9 Å². The van der Waals surface area contributed by atoms with Crippen LogP contribution < -0.4 is 0 Å². The summed E-state index contributed by atoms with van der Waals surface area (Å²) in [5.41, 5.74) is 1.18. The molecule has 6 nitrogen and oxygen atoms in total. The van der Waals surface area contributed by atoms with Gasteiger partial charge in [-0.3, -0.25) is 9.59 Å². The Labute approximate surface area is 184 Å². The lowest BCUT2D eigenvalue weighted by Crippen LogP contribution is -2.46. The molecule has 0 bridgehead atoms. The highest BCUT2D eigenvalue weighted by molar-refractivity contribution is 5.87. The Morgan fingerprint density at radius 3 is 2.48 bits per heavy atom. The number of rotatable bonds is 10. The summed E-state index contributed by atoms with van der Waals surface area (Å²) in [7, 11) is 0. The van der Waals surface area contributed by atoms with Crippen LogP contribution in [0, 0.1) is 12.8 Å². The van der Waals surface area contributed by atoms with Crippen LogP contribution >= 0.6 is 0 Å². The van der Waals surface area contributed by atoms with Crippen molar-refractivity contribution in [2.75, 3.05) is 26.2 Å². The van der Waals surface area contributed by atoms with Gasteiger partial charge < -0.3 is 19.0 Å². The number of benzene rings is 1. The van der Waals surface area contributed by atoms with E-state index in [0.29, 0.717) is 19.6 Å². The van der Waals surface area contributed by atoms with E-state index in [-0.39, 0.29) is 30.4 Å². The van der Waals surface area contributed by atoms with Gasteiger partial charge in [-0.15, -0.1) is 0 Å². The maximum atomic E-state index is 13.4. The summed E-state index contributed by atoms with van der Waals surface area (Å²) in [5.74, 6) is 1.73. The van der Waals surface area contributed by atoms with Crippen molar-refractivity contribution in [3.8, 4) is 0 Å². The molecule has 0 unspecified atom stereocenters. The molecule has 1 aliphatic carbocycles. The highest BCUT2D eigenvalue weighted by Crippen LogP contribution is 2.31. The molecular weight excluding hydrogens is 392 g/mol. The predicted octanol–water partition coefficient (Wildman–Crippen LogP) is 3.58. The molecule has 0 spiro atoms. The average Bonchev–Trinajstić information content (AvgIpc) is 3.35. The van der Waals surface area contributed by atoms with Crippen LogP contribution in [0.5, 0.6) is 0 Å². The van der Waals surface area contributed by atoms with Crippen molar-refractivity contribution >= 4 is 11.8 Å². The highest BCUT2D eigenvalue weighted by Gasteiger charge is 2.36. The normalized spacial score (nSPS) is 18.2. The quantitative estimate of drug-likeness (QED) is 0.585. The summed E-state index contributed by atoms with van der Waals surface area (Å²) in [5, 5.41) is 0. The van der Waals surface area contributed by atoms with Gasteiger partial charge in [-0.05, 0) is 56.7 Å². The molecule has 2 heterocycles. The standard InChI is InChI=1S/C25H32N2O4/c1-19-9-12-23(31-19)17-26(14-13-20-6-3-2-4-7-20)24(28)18-27(25(29)21-10-11-21)16-22-8-5-15-30-22/h2-4,6-7,9,12,21-22H,5,8,10-11,13-18H2,1H3/t22-/m0/s1. The van der Waals surface area contributed by atoms with Gasteiger partial charge in [0.2, 0.25) is 11.8 Å². The molecule has 1 saturated heterocycles. The van der Waals surface area contributed by atoms with Crippen LogP contribution in [-0.2, 0) is 27.3 Å². The van der Waals surface area contributed by atoms with Crippen LogP contribution in [-0.4, -0.2) is 54.0 Å². The first-order chi connectivity index (χ1) is 15.1. The minimum atomic E-state index is -0.0445. The van der Waals surface area contributed by atoms with Crippen LogP contribution in [0.1, 0.15) is 42.8 Å². The Morgan fingerprint density at radius 1 is 1.03 bits per heavy atom. The Bertz CT molecular complexity index is 869. The first-order valence-electron chi connectivity index (χ1n) is 11.4. The lowest BCUT2D eigenvalue weighted by molar-refractivity contribution is -0.143. The third-order valence-corrected chi connectivity index (χ3v) is 6.02. The fourth-order valence-electron chi connectivity index (χ4n) is 4.08. The van der Waals surface area contributed by atoms with E-state index in [9.17, 15) is 9.59 Å². The smallest absolute Gasteiger partial charge is 0.242 e. The third kappa shape index (κ3) is 6.20. The number of ether oxygens (including phenoxy) is 1. The van der Waals surface area contributed by atoms with Crippen molar-refractivity contribution in [1.29, 1.82) is 0 Å². The molecule has 1 aromatic heterocycles. The van der Waals surface area contributed by atoms with Crippen molar-refractivity contribution in [3.63, 3.8) is 0 Å². The predicted molar refractivity (Wildman–Crippen MR) is 117 cm³/mol. The van der Waals surface area contributed by atoms with Crippen LogP contribution in [0.2, 0.25) is 0 Å². The Morgan fingerprint density at radius 2 is 1.84 bits per heavy atom. The molecule has 6 heteroatoms. The van der Waals surface area contributed by atoms with Gasteiger partial charge in [0.05, 0.1) is 19.2 Å². The van der Waals surface area contributed by atoms with E-state index in [0.717, 1.165) is 50.2 Å². The van der Waals surface area contributed by atoms with Crippen molar-refractivity contribution in [1.82, 2.24) is 9.80 Å². The van der Waals surface area contributed by atoms with Gasteiger partial charge in [-0.2, -0.15) is 0 Å². The zero-order valence-electron chi connectivity index (χ0n) is 18.3. The first kappa shape index (κ1) is 21.6. The number of aryl methyl sites for hydroxylation is 1. The molecular formula is C25H32N2O4. The fraction of sp³-hybridized carbons (Fsp3) is 0.520. The van der Waals surface area contributed by atoms with E-state index in [4.69, 9.17) is 9.15 Å². The SMILES string of the molecule is Cc1ccc(CN(CCc2ccccc2)C(=O)CN(C[C@@H]2CCCO2)C(=O)C2CC2)o1. The van der Waals surface area contributed by atoms with Gasteiger partial charge in [0.15, 0.2) is 0 Å².